The lowest BCUT2D eigenvalue weighted by molar-refractivity contribution is 0.177. The summed E-state index contributed by atoms with van der Waals surface area (Å²) in [6, 6.07) is 15.8. The highest BCUT2D eigenvalue weighted by Gasteiger charge is 2.38. The molecule has 2 unspecified atom stereocenters. The number of piperidine rings is 2. The fraction of sp³-hybridized carbons (Fsp3) is 0.455. The predicted octanol–water partition coefficient (Wildman–Crippen LogP) is 3.09. The molecule has 0 radical (unpaired) electrons. The Balaban J connectivity index is 1.34. The van der Waals surface area contributed by atoms with Crippen molar-refractivity contribution in [3.63, 3.8) is 0 Å². The summed E-state index contributed by atoms with van der Waals surface area (Å²) in [6.45, 7) is 2.93. The highest BCUT2D eigenvalue weighted by molar-refractivity contribution is 7.89. The van der Waals surface area contributed by atoms with Crippen LogP contribution in [0.2, 0.25) is 0 Å². The van der Waals surface area contributed by atoms with Crippen LogP contribution in [0, 0.1) is 0 Å². The van der Waals surface area contributed by atoms with E-state index in [1.807, 2.05) is 18.2 Å². The number of hydrogen-bond donors (Lipinski definition) is 1. The Kier molecular flexibility index (Phi) is 4.65. The number of benzene rings is 2. The summed E-state index contributed by atoms with van der Waals surface area (Å²) < 4.78 is 34.2. The van der Waals surface area contributed by atoms with Gasteiger partial charge in [0.25, 0.3) is 0 Å². The molecule has 0 amide bonds. The Labute approximate surface area is 166 Å². The number of nitrogens with one attached hydrogen (secondary N) is 1. The van der Waals surface area contributed by atoms with Crippen LogP contribution >= 0.6 is 0 Å². The predicted molar refractivity (Wildman–Crippen MR) is 108 cm³/mol. The lowest BCUT2D eigenvalue weighted by Crippen LogP contribution is -2.39. The molecule has 5 nitrogen and oxygen atoms in total. The van der Waals surface area contributed by atoms with Crippen LogP contribution in [-0.4, -0.2) is 45.0 Å². The smallest absolute Gasteiger partial charge is 0.243 e. The third-order valence-electron chi connectivity index (χ3n) is 6.45. The molecule has 148 valence electrons. The minimum Gasteiger partial charge on any atom is -0.488 e. The highest BCUT2D eigenvalue weighted by Crippen LogP contribution is 2.42. The fourth-order valence-electron chi connectivity index (χ4n) is 4.86. The minimum atomic E-state index is -3.46. The summed E-state index contributed by atoms with van der Waals surface area (Å²) in [4.78, 5) is 0.409. The van der Waals surface area contributed by atoms with Crippen molar-refractivity contribution in [2.45, 2.75) is 42.1 Å². The summed E-state index contributed by atoms with van der Waals surface area (Å²) >= 11 is 0. The van der Waals surface area contributed by atoms with Crippen molar-refractivity contribution in [1.82, 2.24) is 9.62 Å². The number of ether oxygens (including phenoxy) is 1. The van der Waals surface area contributed by atoms with Gasteiger partial charge in [-0.2, -0.15) is 4.31 Å². The van der Waals surface area contributed by atoms with E-state index >= 15 is 0 Å². The summed E-state index contributed by atoms with van der Waals surface area (Å²) in [7, 11) is -3.46. The molecule has 2 saturated heterocycles. The molecule has 1 N–H and O–H groups in total. The molecular weight excluding hydrogens is 372 g/mol. The standard InChI is InChI=1S/C22H26N2O3S/c25-28(26,24-12-9-17(10-13-24)16-4-2-1-3-5-16)18-6-7-21-20(14-18)19-8-11-23-15-22(19)27-21/h1-7,14,17,19,22-23H,8-13,15H2. The second-order valence-corrected chi connectivity index (χ2v) is 9.98. The molecule has 0 spiro atoms. The van der Waals surface area contributed by atoms with Crippen LogP contribution in [0.25, 0.3) is 0 Å². The van der Waals surface area contributed by atoms with E-state index in [1.54, 1.807) is 10.4 Å². The first kappa shape index (κ1) is 18.2. The Morgan fingerprint density at radius 1 is 1.00 bits per heavy atom. The molecule has 3 aliphatic rings. The molecule has 28 heavy (non-hydrogen) atoms. The largest absolute Gasteiger partial charge is 0.488 e. The van der Waals surface area contributed by atoms with Gasteiger partial charge in [0.15, 0.2) is 0 Å². The van der Waals surface area contributed by atoms with Gasteiger partial charge >= 0.3 is 0 Å². The van der Waals surface area contributed by atoms with Crippen LogP contribution in [0.1, 0.15) is 42.2 Å². The molecule has 0 saturated carbocycles. The van der Waals surface area contributed by atoms with Crippen molar-refractivity contribution in [2.24, 2.45) is 0 Å². The number of nitrogens with zero attached hydrogens (tertiary/aromatic N) is 1. The summed E-state index contributed by atoms with van der Waals surface area (Å²) in [5, 5.41) is 3.35. The van der Waals surface area contributed by atoms with Crippen molar-refractivity contribution in [3.05, 3.63) is 59.7 Å². The van der Waals surface area contributed by atoms with E-state index in [-0.39, 0.29) is 6.10 Å². The van der Waals surface area contributed by atoms with E-state index in [0.29, 0.717) is 29.8 Å². The van der Waals surface area contributed by atoms with Crippen LogP contribution in [-0.2, 0) is 10.0 Å². The van der Waals surface area contributed by atoms with Crippen molar-refractivity contribution >= 4 is 10.0 Å². The van der Waals surface area contributed by atoms with Crippen molar-refractivity contribution in [2.75, 3.05) is 26.2 Å². The van der Waals surface area contributed by atoms with Gasteiger partial charge < -0.3 is 10.1 Å². The van der Waals surface area contributed by atoms with E-state index in [0.717, 1.165) is 43.7 Å². The molecule has 2 aromatic rings. The third kappa shape index (κ3) is 3.13. The quantitative estimate of drug-likeness (QED) is 0.863. The third-order valence-corrected chi connectivity index (χ3v) is 8.34. The zero-order valence-corrected chi connectivity index (χ0v) is 16.7. The zero-order valence-electron chi connectivity index (χ0n) is 15.9. The second kappa shape index (κ2) is 7.17. The molecule has 3 heterocycles. The fourth-order valence-corrected chi connectivity index (χ4v) is 6.37. The highest BCUT2D eigenvalue weighted by atomic mass is 32.2. The minimum absolute atomic E-state index is 0.128. The number of sulfonamides is 1. The Hall–Kier alpha value is -1.89. The molecule has 0 aromatic heterocycles. The van der Waals surface area contributed by atoms with Gasteiger partial charge in [0.2, 0.25) is 10.0 Å². The molecule has 0 aliphatic carbocycles. The van der Waals surface area contributed by atoms with E-state index in [4.69, 9.17) is 4.74 Å². The molecule has 5 rings (SSSR count). The van der Waals surface area contributed by atoms with E-state index in [2.05, 4.69) is 29.6 Å². The Morgan fingerprint density at radius 3 is 2.57 bits per heavy atom. The van der Waals surface area contributed by atoms with Gasteiger partial charge in [-0.1, -0.05) is 30.3 Å². The van der Waals surface area contributed by atoms with Gasteiger partial charge in [-0.15, -0.1) is 0 Å². The molecule has 6 heteroatoms. The summed E-state index contributed by atoms with van der Waals surface area (Å²) in [5.74, 6) is 1.59. The summed E-state index contributed by atoms with van der Waals surface area (Å²) in [5.41, 5.74) is 2.37. The first-order chi connectivity index (χ1) is 13.6. The maximum Gasteiger partial charge on any atom is 0.243 e. The van der Waals surface area contributed by atoms with Gasteiger partial charge in [0.05, 0.1) is 4.90 Å². The Morgan fingerprint density at radius 2 is 1.79 bits per heavy atom. The van der Waals surface area contributed by atoms with Crippen LogP contribution in [0.15, 0.2) is 53.4 Å². The molecule has 2 atom stereocenters. The maximum absolute atomic E-state index is 13.3. The van der Waals surface area contributed by atoms with Gasteiger partial charge in [0.1, 0.15) is 11.9 Å². The average Bonchev–Trinajstić information content (AvgIpc) is 3.12. The number of fused-ring (bicyclic) bond motifs is 3. The van der Waals surface area contributed by atoms with Gasteiger partial charge in [-0.25, -0.2) is 8.42 Å². The lowest BCUT2D eigenvalue weighted by atomic mass is 9.90. The second-order valence-electron chi connectivity index (χ2n) is 8.04. The van der Waals surface area contributed by atoms with E-state index < -0.39 is 10.0 Å². The van der Waals surface area contributed by atoms with Crippen LogP contribution < -0.4 is 10.1 Å². The molecule has 2 aromatic carbocycles. The van der Waals surface area contributed by atoms with Crippen molar-refractivity contribution < 1.29 is 13.2 Å². The van der Waals surface area contributed by atoms with Gasteiger partial charge in [-0.3, -0.25) is 0 Å². The Bertz CT molecular complexity index is 953. The monoisotopic (exact) mass is 398 g/mol. The zero-order chi connectivity index (χ0) is 19.1. The topological polar surface area (TPSA) is 58.6 Å². The number of rotatable bonds is 3. The summed E-state index contributed by atoms with van der Waals surface area (Å²) in [6.07, 6.45) is 2.86. The van der Waals surface area contributed by atoms with Gasteiger partial charge in [0, 0.05) is 31.1 Å². The average molecular weight is 399 g/mol. The SMILES string of the molecule is O=S(=O)(c1ccc2c(c1)C1CCNCC1O2)N1CCC(c2ccccc2)CC1. The maximum atomic E-state index is 13.3. The first-order valence-electron chi connectivity index (χ1n) is 10.2. The van der Waals surface area contributed by atoms with E-state index in [9.17, 15) is 8.42 Å². The normalized spacial score (nSPS) is 25.7. The first-order valence-corrected chi connectivity index (χ1v) is 11.6. The lowest BCUT2D eigenvalue weighted by Gasteiger charge is -2.31. The molecule has 3 aliphatic heterocycles. The van der Waals surface area contributed by atoms with Crippen molar-refractivity contribution in [1.29, 1.82) is 0 Å². The van der Waals surface area contributed by atoms with Crippen LogP contribution in [0.3, 0.4) is 0 Å². The number of hydrogen-bond acceptors (Lipinski definition) is 4. The van der Waals surface area contributed by atoms with Crippen molar-refractivity contribution in [3.8, 4) is 5.75 Å². The van der Waals surface area contributed by atoms with E-state index in [1.165, 1.54) is 5.56 Å². The van der Waals surface area contributed by atoms with Crippen LogP contribution in [0.4, 0.5) is 0 Å². The van der Waals surface area contributed by atoms with Gasteiger partial charge in [-0.05, 0) is 55.5 Å². The molecule has 2 fully saturated rings. The molecule has 0 bridgehead atoms. The molecular formula is C22H26N2O3S. The van der Waals surface area contributed by atoms with Crippen LogP contribution in [0.5, 0.6) is 5.75 Å².